The molecule has 41 heavy (non-hydrogen) atoms. The van der Waals surface area contributed by atoms with Crippen molar-refractivity contribution in [2.45, 2.75) is 70.2 Å². The Morgan fingerprint density at radius 1 is 0.976 bits per heavy atom. The van der Waals surface area contributed by atoms with Crippen molar-refractivity contribution in [3.05, 3.63) is 49.1 Å². The summed E-state index contributed by atoms with van der Waals surface area (Å²) >= 11 is 0. The lowest BCUT2D eigenvalue weighted by Crippen LogP contribution is -2.69. The second-order valence-corrected chi connectivity index (χ2v) is 13.4. The minimum Gasteiger partial charge on any atom is -0.460 e. The lowest BCUT2D eigenvalue weighted by atomic mass is 9.60. The van der Waals surface area contributed by atoms with E-state index in [1.54, 1.807) is 0 Å². The molecule has 0 atom stereocenters. The molecule has 9 nitrogen and oxygen atoms in total. The lowest BCUT2D eigenvalue weighted by Gasteiger charge is -2.61. The molecule has 9 heteroatoms. The maximum atomic E-state index is 12.3. The van der Waals surface area contributed by atoms with Gasteiger partial charge in [-0.15, -0.1) is 0 Å². The highest BCUT2D eigenvalue weighted by Gasteiger charge is 2.56. The number of aromatic nitrogens is 4. The zero-order chi connectivity index (χ0) is 28.5. The number of carbonyl (C=O) groups excluding carboxylic acids is 1. The van der Waals surface area contributed by atoms with E-state index in [9.17, 15) is 4.79 Å². The summed E-state index contributed by atoms with van der Waals surface area (Å²) in [6.07, 6.45) is 11.7. The fourth-order valence-electron chi connectivity index (χ4n) is 6.88. The van der Waals surface area contributed by atoms with Crippen molar-refractivity contribution in [2.75, 3.05) is 20.1 Å². The molecule has 1 spiro atoms. The molecule has 3 aromatic heterocycles. The number of aryl methyl sites for hydroxylation is 1. The van der Waals surface area contributed by atoms with Crippen molar-refractivity contribution in [2.24, 2.45) is 12.5 Å². The van der Waals surface area contributed by atoms with Crippen LogP contribution in [0.1, 0.15) is 46.5 Å². The molecule has 4 aromatic rings. The summed E-state index contributed by atoms with van der Waals surface area (Å²) in [7, 11) is 4.32. The first kappa shape index (κ1) is 26.2. The molecule has 1 aromatic carbocycles. The lowest BCUT2D eigenvalue weighted by molar-refractivity contribution is -0.121. The predicted molar refractivity (Wildman–Crippen MR) is 158 cm³/mol. The molecule has 3 fully saturated rings. The van der Waals surface area contributed by atoms with E-state index >= 15 is 0 Å². The Balaban J connectivity index is 0.899. The Kier molecular flexibility index (Phi) is 6.01. The van der Waals surface area contributed by atoms with E-state index in [0.717, 1.165) is 60.8 Å². The fraction of sp³-hybridized carbons (Fsp3) is 0.500. The van der Waals surface area contributed by atoms with Gasteiger partial charge in [0.05, 0.1) is 5.52 Å². The van der Waals surface area contributed by atoms with Crippen LogP contribution in [0.4, 0.5) is 4.79 Å². The van der Waals surface area contributed by atoms with Gasteiger partial charge in [0.25, 0.3) is 0 Å². The van der Waals surface area contributed by atoms with E-state index in [4.69, 9.17) is 9.47 Å². The Morgan fingerprint density at radius 2 is 1.71 bits per heavy atom. The van der Waals surface area contributed by atoms with Gasteiger partial charge in [-0.2, -0.15) is 0 Å². The molecule has 0 radical (unpaired) electrons. The molecular weight excluding hydrogens is 516 g/mol. The molecule has 0 N–H and O–H groups in total. The van der Waals surface area contributed by atoms with E-state index in [2.05, 4.69) is 56.7 Å². The van der Waals surface area contributed by atoms with Gasteiger partial charge in [-0.1, -0.05) is 12.1 Å². The highest BCUT2D eigenvalue weighted by Crippen LogP contribution is 2.51. The fourth-order valence-corrected chi connectivity index (χ4v) is 6.88. The van der Waals surface area contributed by atoms with Crippen molar-refractivity contribution in [1.82, 2.24) is 29.3 Å². The van der Waals surface area contributed by atoms with Gasteiger partial charge in [-0.25, -0.2) is 14.8 Å². The van der Waals surface area contributed by atoms with Gasteiger partial charge in [-0.05, 0) is 58.4 Å². The van der Waals surface area contributed by atoms with Gasteiger partial charge in [0, 0.05) is 97.1 Å². The smallest absolute Gasteiger partial charge is 0.410 e. The number of likely N-dealkylation sites (tertiary alicyclic amines) is 1. The van der Waals surface area contributed by atoms with Gasteiger partial charge < -0.3 is 23.8 Å². The maximum absolute atomic E-state index is 12.3. The van der Waals surface area contributed by atoms with Crippen LogP contribution in [0.3, 0.4) is 0 Å². The zero-order valence-corrected chi connectivity index (χ0v) is 24.5. The van der Waals surface area contributed by atoms with Gasteiger partial charge in [0.15, 0.2) is 0 Å². The summed E-state index contributed by atoms with van der Waals surface area (Å²) in [5.41, 5.74) is 4.22. The van der Waals surface area contributed by atoms with Gasteiger partial charge in [-0.3, -0.25) is 4.98 Å². The number of rotatable bonds is 5. The number of hydrogen-bond acceptors (Lipinski definition) is 7. The number of pyridine rings is 1. The maximum Gasteiger partial charge on any atom is 0.410 e. The molecule has 2 saturated carbocycles. The second kappa shape index (κ2) is 9.41. The zero-order valence-electron chi connectivity index (χ0n) is 24.5. The number of nitrogens with zero attached hydrogens (tertiary/aromatic N) is 6. The third-order valence-corrected chi connectivity index (χ3v) is 9.31. The van der Waals surface area contributed by atoms with Crippen LogP contribution in [0.5, 0.6) is 6.01 Å². The third kappa shape index (κ3) is 4.70. The molecule has 2 aliphatic carbocycles. The molecule has 3 aliphatic rings. The normalized spacial score (nSPS) is 22.0. The summed E-state index contributed by atoms with van der Waals surface area (Å²) in [4.78, 5) is 30.0. The SMILES string of the molecule is CN(C1CC(Oc2ncc(-c3ccc4c5cnccc5n(C)c4c3)cn2)C1)C1CC2(C1)CN(C(=O)OC(C)(C)C)C2. The number of hydrogen-bond donors (Lipinski definition) is 0. The van der Waals surface area contributed by atoms with Crippen LogP contribution in [0.2, 0.25) is 0 Å². The number of ether oxygens (including phenoxy) is 2. The third-order valence-electron chi connectivity index (χ3n) is 9.31. The van der Waals surface area contributed by atoms with Gasteiger partial charge in [0.1, 0.15) is 11.7 Å². The van der Waals surface area contributed by atoms with Gasteiger partial charge >= 0.3 is 12.1 Å². The van der Waals surface area contributed by atoms with Gasteiger partial charge in [0.2, 0.25) is 0 Å². The molecule has 7 rings (SSSR count). The van der Waals surface area contributed by atoms with E-state index in [-0.39, 0.29) is 12.2 Å². The van der Waals surface area contributed by atoms with E-state index in [0.29, 0.717) is 23.5 Å². The Morgan fingerprint density at radius 3 is 2.41 bits per heavy atom. The summed E-state index contributed by atoms with van der Waals surface area (Å²) < 4.78 is 13.8. The number of amides is 1. The summed E-state index contributed by atoms with van der Waals surface area (Å²) in [5, 5.41) is 2.35. The van der Waals surface area contributed by atoms with Crippen LogP contribution in [-0.4, -0.2) is 79.3 Å². The van der Waals surface area contributed by atoms with Crippen LogP contribution in [-0.2, 0) is 11.8 Å². The van der Waals surface area contributed by atoms with Crippen molar-refractivity contribution >= 4 is 27.9 Å². The number of carbonyl (C=O) groups is 1. The highest BCUT2D eigenvalue weighted by atomic mass is 16.6. The van der Waals surface area contributed by atoms with Crippen molar-refractivity contribution in [1.29, 1.82) is 0 Å². The Bertz CT molecular complexity index is 1600. The topological polar surface area (TPSA) is 85.6 Å². The van der Waals surface area contributed by atoms with Crippen LogP contribution in [0.15, 0.2) is 49.1 Å². The Hall–Kier alpha value is -3.72. The van der Waals surface area contributed by atoms with E-state index in [1.165, 1.54) is 10.9 Å². The molecule has 1 saturated heterocycles. The standard InChI is InChI=1S/C32H38N6O3/c1-31(2,3)41-30(39)38-18-32(19-38)13-23(14-32)36(4)22-11-24(12-22)40-29-34-15-21(16-35-29)20-6-7-25-26-17-33-9-8-27(26)37(5)28(25)10-20/h6-10,15-17,22-24H,11-14,18-19H2,1-5H3. The summed E-state index contributed by atoms with van der Waals surface area (Å²) in [5.74, 6) is 0. The van der Waals surface area contributed by atoms with E-state index < -0.39 is 5.60 Å². The number of fused-ring (bicyclic) bond motifs is 3. The first-order valence-corrected chi connectivity index (χ1v) is 14.6. The second-order valence-electron chi connectivity index (χ2n) is 13.4. The van der Waals surface area contributed by atoms with Crippen molar-refractivity contribution < 1.29 is 14.3 Å². The average Bonchev–Trinajstić information content (AvgIpc) is 3.15. The molecular formula is C32H38N6O3. The highest BCUT2D eigenvalue weighted by molar-refractivity contribution is 6.08. The largest absolute Gasteiger partial charge is 0.460 e. The van der Waals surface area contributed by atoms with Crippen LogP contribution >= 0.6 is 0 Å². The van der Waals surface area contributed by atoms with Crippen LogP contribution in [0, 0.1) is 5.41 Å². The first-order chi connectivity index (χ1) is 19.6. The summed E-state index contributed by atoms with van der Waals surface area (Å²) in [6.45, 7) is 7.39. The van der Waals surface area contributed by atoms with E-state index in [1.807, 2.05) is 56.5 Å². The van der Waals surface area contributed by atoms with Crippen LogP contribution < -0.4 is 4.74 Å². The summed E-state index contributed by atoms with van der Waals surface area (Å²) in [6, 6.07) is 10.0. The molecule has 1 aliphatic heterocycles. The van der Waals surface area contributed by atoms with Crippen molar-refractivity contribution in [3.8, 4) is 17.1 Å². The molecule has 4 heterocycles. The Labute approximate surface area is 240 Å². The molecule has 1 amide bonds. The van der Waals surface area contributed by atoms with Crippen molar-refractivity contribution in [3.63, 3.8) is 0 Å². The average molecular weight is 555 g/mol. The molecule has 0 unspecified atom stereocenters. The first-order valence-electron chi connectivity index (χ1n) is 14.6. The number of benzene rings is 1. The predicted octanol–water partition coefficient (Wildman–Crippen LogP) is 5.42. The molecule has 214 valence electrons. The minimum atomic E-state index is -0.441. The molecule has 0 bridgehead atoms. The monoisotopic (exact) mass is 554 g/mol. The minimum absolute atomic E-state index is 0.148. The van der Waals surface area contributed by atoms with Crippen LogP contribution in [0.25, 0.3) is 32.9 Å². The quantitative estimate of drug-likeness (QED) is 0.325.